The van der Waals surface area contributed by atoms with Crippen LogP contribution in [-0.4, -0.2) is 50.1 Å². The van der Waals surface area contributed by atoms with Crippen molar-refractivity contribution >= 4 is 48.1 Å². The first-order chi connectivity index (χ1) is 10.1. The summed E-state index contributed by atoms with van der Waals surface area (Å²) >= 11 is 4.24. The molecule has 0 aliphatic carbocycles. The number of fused-ring (bicyclic) bond motifs is 1. The van der Waals surface area contributed by atoms with Crippen LogP contribution in [0.5, 0.6) is 0 Å². The quantitative estimate of drug-likeness (QED) is 0.321. The summed E-state index contributed by atoms with van der Waals surface area (Å²) in [7, 11) is 0. The van der Waals surface area contributed by atoms with Crippen LogP contribution in [0.15, 0.2) is 23.3 Å². The molecule has 1 aliphatic heterocycles. The second-order valence-electron chi connectivity index (χ2n) is 4.75. The Kier molecular flexibility index (Phi) is 7.74. The molecule has 1 saturated heterocycles. The van der Waals surface area contributed by atoms with Gasteiger partial charge in [0.1, 0.15) is 11.6 Å². The van der Waals surface area contributed by atoms with E-state index in [1.165, 1.54) is 6.20 Å². The maximum Gasteiger partial charge on any atom is 0.272 e. The molecule has 6 N–H and O–H groups in total. The summed E-state index contributed by atoms with van der Waals surface area (Å²) in [6.07, 6.45) is 1.09. The fourth-order valence-corrected chi connectivity index (χ4v) is 2.64. The van der Waals surface area contributed by atoms with Gasteiger partial charge in [0.05, 0.1) is 24.8 Å². The third-order valence-corrected chi connectivity index (χ3v) is 3.67. The Balaban J connectivity index is 0.000000775. The number of halogens is 2. The van der Waals surface area contributed by atoms with Gasteiger partial charge in [0, 0.05) is 55.0 Å². The molecule has 3 rings (SSSR count). The van der Waals surface area contributed by atoms with Gasteiger partial charge < -0.3 is 30.6 Å². The Morgan fingerprint density at radius 1 is 1.18 bits per heavy atom. The monoisotopic (exact) mass is 535 g/mol. The molecule has 0 saturated carbocycles. The van der Waals surface area contributed by atoms with E-state index in [9.17, 15) is 15.0 Å². The van der Waals surface area contributed by atoms with Crippen LogP contribution >= 0.6 is 37.2 Å². The van der Waals surface area contributed by atoms with E-state index < -0.39 is 24.3 Å². The molecular weight excluding hydrogens is 516 g/mol. The molecule has 0 aromatic carbocycles. The van der Waals surface area contributed by atoms with Gasteiger partial charge in [-0.2, -0.15) is 0 Å². The first kappa shape index (κ1) is 19.8. The zero-order chi connectivity index (χ0) is 15.6. The maximum atomic E-state index is 11.6. The smallest absolute Gasteiger partial charge is 0.272 e. The van der Waals surface area contributed by atoms with Gasteiger partial charge in [-0.25, -0.2) is 0 Å². The zero-order valence-corrected chi connectivity index (χ0v) is 15.1. The van der Waals surface area contributed by atoms with Crippen molar-refractivity contribution < 1.29 is 15.3 Å². The normalized spacial score (nSPS) is 27.1. The predicted octanol–water partition coefficient (Wildman–Crippen LogP) is 0.991. The van der Waals surface area contributed by atoms with Crippen LogP contribution in [0.3, 0.4) is 0 Å². The number of aromatic amines is 2. The van der Waals surface area contributed by atoms with Gasteiger partial charge in [-0.15, -0.1) is 0 Å². The minimum atomic E-state index is -1.04. The van der Waals surface area contributed by atoms with E-state index in [0.717, 1.165) is 0 Å². The summed E-state index contributed by atoms with van der Waals surface area (Å²) < 4.78 is 0. The first-order valence-corrected chi connectivity index (χ1v) is 12.5. The number of pyridine rings is 1. The van der Waals surface area contributed by atoms with Crippen LogP contribution in [0.1, 0.15) is 19.0 Å². The third kappa shape index (κ3) is 3.48. The molecule has 9 heteroatoms. The van der Waals surface area contributed by atoms with Crippen molar-refractivity contribution in [3.8, 4) is 0 Å². The lowest BCUT2D eigenvalue weighted by Gasteiger charge is -2.15. The fraction of sp³-hybridized carbons (Fsp3) is 0.462. The van der Waals surface area contributed by atoms with E-state index >= 15 is 0 Å². The molecule has 1 fully saturated rings. The summed E-state index contributed by atoms with van der Waals surface area (Å²) in [5.41, 5.74) is 0.882. The molecule has 1 aliphatic rings. The van der Waals surface area contributed by atoms with Gasteiger partial charge in [0.25, 0.3) is 5.56 Å². The third-order valence-electron chi connectivity index (χ3n) is 3.67. The highest BCUT2D eigenvalue weighted by atomic mass is 128. The van der Waals surface area contributed by atoms with Crippen molar-refractivity contribution in [2.45, 2.75) is 31.7 Å². The van der Waals surface area contributed by atoms with Gasteiger partial charge >= 0.3 is 0 Å². The molecule has 2 aromatic rings. The van der Waals surface area contributed by atoms with E-state index in [2.05, 4.69) is 52.5 Å². The summed E-state index contributed by atoms with van der Waals surface area (Å²) in [6, 6.07) is 0.630. The molecule has 124 valence electrons. The Labute approximate surface area is 150 Å². The summed E-state index contributed by atoms with van der Waals surface area (Å²) in [4.78, 5) is 17.0. The Morgan fingerprint density at radius 2 is 1.86 bits per heavy atom. The van der Waals surface area contributed by atoms with Crippen molar-refractivity contribution in [3.05, 3.63) is 34.4 Å². The lowest BCUT2D eigenvalue weighted by atomic mass is 10.0. The molecule has 0 bridgehead atoms. The van der Waals surface area contributed by atoms with Crippen molar-refractivity contribution in [1.29, 1.82) is 0 Å². The maximum absolute atomic E-state index is 11.6. The Hall–Kier alpha value is -0.210. The number of hydrogen-bond acceptors (Lipinski definition) is 5. The fourth-order valence-electron chi connectivity index (χ4n) is 2.64. The van der Waals surface area contributed by atoms with Crippen LogP contribution in [-0.2, 0) is 0 Å². The number of aromatic nitrogens is 2. The highest BCUT2D eigenvalue weighted by Gasteiger charge is 2.42. The van der Waals surface area contributed by atoms with Gasteiger partial charge in [-0.3, -0.25) is 4.79 Å². The standard InChI is InChI=1S/C12H15N3O4.CH4.I2/c16-4-7-10(17)11(18)8(15-7)6-3-14-9-5(6)1-2-13-12(9)19;;1-2/h1-3,7-8,10-11,14-18H,4H2,(H,13,19);1H4;. The van der Waals surface area contributed by atoms with E-state index in [4.69, 9.17) is 5.11 Å². The van der Waals surface area contributed by atoms with E-state index in [0.29, 0.717) is 16.5 Å². The highest BCUT2D eigenvalue weighted by Crippen LogP contribution is 2.31. The first-order valence-electron chi connectivity index (χ1n) is 6.19. The Morgan fingerprint density at radius 3 is 2.45 bits per heavy atom. The molecule has 22 heavy (non-hydrogen) atoms. The van der Waals surface area contributed by atoms with Crippen LogP contribution in [0.25, 0.3) is 10.9 Å². The van der Waals surface area contributed by atoms with E-state index in [1.54, 1.807) is 12.3 Å². The average molecular weight is 535 g/mol. The molecule has 0 radical (unpaired) electrons. The summed E-state index contributed by atoms with van der Waals surface area (Å²) in [6.45, 7) is -0.266. The number of hydrogen-bond donors (Lipinski definition) is 6. The topological polar surface area (TPSA) is 121 Å². The van der Waals surface area contributed by atoms with Crippen LogP contribution < -0.4 is 10.9 Å². The Bertz CT molecular complexity index is 660. The van der Waals surface area contributed by atoms with Gasteiger partial charge in [0.15, 0.2) is 0 Å². The zero-order valence-electron chi connectivity index (χ0n) is 10.8. The van der Waals surface area contributed by atoms with E-state index in [-0.39, 0.29) is 19.6 Å². The second kappa shape index (κ2) is 8.59. The molecule has 4 atom stereocenters. The van der Waals surface area contributed by atoms with Crippen LogP contribution in [0.4, 0.5) is 0 Å². The number of aliphatic hydroxyl groups is 3. The number of H-pyrrole nitrogens is 2. The minimum Gasteiger partial charge on any atom is -0.395 e. The van der Waals surface area contributed by atoms with Crippen molar-refractivity contribution in [3.63, 3.8) is 0 Å². The predicted molar refractivity (Wildman–Crippen MR) is 102 cm³/mol. The van der Waals surface area contributed by atoms with Crippen LogP contribution in [0, 0.1) is 0 Å². The van der Waals surface area contributed by atoms with Crippen molar-refractivity contribution in [1.82, 2.24) is 15.3 Å². The number of rotatable bonds is 2. The molecule has 3 heterocycles. The summed E-state index contributed by atoms with van der Waals surface area (Å²) in [5, 5.41) is 32.6. The van der Waals surface area contributed by atoms with Gasteiger partial charge in [0.2, 0.25) is 0 Å². The number of nitrogens with one attached hydrogen (secondary N) is 3. The largest absolute Gasteiger partial charge is 0.395 e. The number of aliphatic hydroxyl groups excluding tert-OH is 3. The second-order valence-corrected chi connectivity index (χ2v) is 4.75. The average Bonchev–Trinajstić information content (AvgIpc) is 3.05. The molecule has 0 spiro atoms. The molecule has 2 aromatic heterocycles. The van der Waals surface area contributed by atoms with Gasteiger partial charge in [-0.1, -0.05) is 7.43 Å². The van der Waals surface area contributed by atoms with Crippen LogP contribution in [0.2, 0.25) is 0 Å². The molecule has 7 nitrogen and oxygen atoms in total. The SMILES string of the molecule is C.II.O=c1[nH]ccc2c(C3NC(CO)C(O)C3O)c[nH]c12. The molecule has 4 unspecified atom stereocenters. The van der Waals surface area contributed by atoms with Crippen molar-refractivity contribution in [2.75, 3.05) is 6.61 Å². The summed E-state index contributed by atoms with van der Waals surface area (Å²) in [5.74, 6) is 0. The van der Waals surface area contributed by atoms with Crippen molar-refractivity contribution in [2.24, 2.45) is 0 Å². The van der Waals surface area contributed by atoms with Gasteiger partial charge in [-0.05, 0) is 11.6 Å². The molecular formula is C13H19I2N3O4. The molecule has 0 amide bonds. The minimum absolute atomic E-state index is 0. The lowest BCUT2D eigenvalue weighted by molar-refractivity contribution is 0.0196. The lowest BCUT2D eigenvalue weighted by Crippen LogP contribution is -2.35. The van der Waals surface area contributed by atoms with E-state index in [1.807, 2.05) is 0 Å². The highest BCUT2D eigenvalue weighted by molar-refractivity contribution is 15.0.